The van der Waals surface area contributed by atoms with Gasteiger partial charge in [0.05, 0.1) is 17.9 Å². The number of hydrogen-bond acceptors (Lipinski definition) is 6. The molecule has 166 valence electrons. The van der Waals surface area contributed by atoms with Crippen LogP contribution in [0.3, 0.4) is 0 Å². The monoisotopic (exact) mass is 465 g/mol. The van der Waals surface area contributed by atoms with Crippen molar-refractivity contribution in [3.05, 3.63) is 53.8 Å². The van der Waals surface area contributed by atoms with Crippen molar-refractivity contribution in [1.29, 1.82) is 0 Å². The van der Waals surface area contributed by atoms with Crippen LogP contribution in [0.5, 0.6) is 5.75 Å². The summed E-state index contributed by atoms with van der Waals surface area (Å²) in [5.41, 5.74) is 1.42. The summed E-state index contributed by atoms with van der Waals surface area (Å²) in [6.07, 6.45) is 0. The molecular weight excluding hydrogens is 441 g/mol. The third-order valence-electron chi connectivity index (χ3n) is 5.02. The Morgan fingerprint density at radius 1 is 1.23 bits per heavy atom. The van der Waals surface area contributed by atoms with E-state index in [0.29, 0.717) is 47.4 Å². The standard InChI is InChI=1S/C22H24FN3O3S.ClH/c1-16-5-7-17(8-6-16)29-15-20(27)26(10-9-25-11-13-28-14-12-25)22-24-21-18(23)3-2-4-19(21)30-22;/h2-8H,9-15H2,1H3;1H. The lowest BCUT2D eigenvalue weighted by atomic mass is 10.2. The van der Waals surface area contributed by atoms with Gasteiger partial charge in [0.2, 0.25) is 0 Å². The minimum atomic E-state index is -0.383. The first kappa shape index (κ1) is 23.4. The number of nitrogens with zero attached hydrogens (tertiary/aromatic N) is 3. The molecule has 1 amide bonds. The zero-order chi connectivity index (χ0) is 20.9. The number of amides is 1. The largest absolute Gasteiger partial charge is 0.484 e. The number of anilines is 1. The second-order valence-corrected chi connectivity index (χ2v) is 8.19. The number of fused-ring (bicyclic) bond motifs is 1. The van der Waals surface area contributed by atoms with Gasteiger partial charge in [0.1, 0.15) is 17.1 Å². The van der Waals surface area contributed by atoms with E-state index in [-0.39, 0.29) is 30.7 Å². The van der Waals surface area contributed by atoms with E-state index >= 15 is 0 Å². The SMILES string of the molecule is Cc1ccc(OCC(=O)N(CCN2CCOCC2)c2nc3c(F)cccc3s2)cc1.Cl. The number of aryl methyl sites for hydroxylation is 1. The van der Waals surface area contributed by atoms with Crippen LogP contribution in [0, 0.1) is 12.7 Å². The van der Waals surface area contributed by atoms with Gasteiger partial charge in [-0.1, -0.05) is 35.1 Å². The van der Waals surface area contributed by atoms with Crippen LogP contribution in [0.15, 0.2) is 42.5 Å². The fraction of sp³-hybridized carbons (Fsp3) is 0.364. The summed E-state index contributed by atoms with van der Waals surface area (Å²) in [5.74, 6) is 0.0483. The van der Waals surface area contributed by atoms with Gasteiger partial charge in [0.25, 0.3) is 5.91 Å². The Hall–Kier alpha value is -2.26. The Morgan fingerprint density at radius 2 is 1.97 bits per heavy atom. The Labute approximate surface area is 191 Å². The van der Waals surface area contributed by atoms with Crippen LogP contribution in [-0.4, -0.2) is 61.8 Å². The summed E-state index contributed by atoms with van der Waals surface area (Å²) in [4.78, 5) is 21.3. The molecule has 31 heavy (non-hydrogen) atoms. The van der Waals surface area contributed by atoms with Crippen LogP contribution in [0.4, 0.5) is 9.52 Å². The normalized spacial score (nSPS) is 14.3. The van der Waals surface area contributed by atoms with Crippen molar-refractivity contribution in [3.8, 4) is 5.75 Å². The molecular formula is C22H25ClFN3O3S. The Bertz CT molecular complexity index is 1010. The van der Waals surface area contributed by atoms with Gasteiger partial charge in [-0.25, -0.2) is 9.37 Å². The summed E-state index contributed by atoms with van der Waals surface area (Å²) in [7, 11) is 0. The molecule has 2 aromatic carbocycles. The van der Waals surface area contributed by atoms with Crippen molar-refractivity contribution in [2.24, 2.45) is 0 Å². The van der Waals surface area contributed by atoms with Gasteiger partial charge < -0.3 is 9.47 Å². The van der Waals surface area contributed by atoms with Crippen molar-refractivity contribution < 1.29 is 18.7 Å². The summed E-state index contributed by atoms with van der Waals surface area (Å²) < 4.78 is 25.9. The minimum absolute atomic E-state index is 0. The Balaban J connectivity index is 0.00000272. The Morgan fingerprint density at radius 3 is 2.68 bits per heavy atom. The summed E-state index contributed by atoms with van der Waals surface area (Å²) in [6, 6.07) is 12.4. The van der Waals surface area contributed by atoms with Crippen LogP contribution < -0.4 is 9.64 Å². The maximum absolute atomic E-state index is 14.1. The summed E-state index contributed by atoms with van der Waals surface area (Å²) in [5, 5.41) is 0.487. The lowest BCUT2D eigenvalue weighted by molar-refractivity contribution is -0.120. The second kappa shape index (κ2) is 10.9. The predicted molar refractivity (Wildman–Crippen MR) is 123 cm³/mol. The molecule has 0 saturated carbocycles. The number of benzene rings is 2. The number of hydrogen-bond donors (Lipinski definition) is 0. The van der Waals surface area contributed by atoms with Gasteiger partial charge in [0.15, 0.2) is 11.7 Å². The molecule has 4 rings (SSSR count). The van der Waals surface area contributed by atoms with E-state index in [1.807, 2.05) is 37.3 Å². The van der Waals surface area contributed by atoms with Gasteiger partial charge in [0, 0.05) is 26.2 Å². The van der Waals surface area contributed by atoms with Gasteiger partial charge >= 0.3 is 0 Å². The topological polar surface area (TPSA) is 54.9 Å². The molecule has 9 heteroatoms. The molecule has 0 spiro atoms. The van der Waals surface area contributed by atoms with Gasteiger partial charge in [-0.2, -0.15) is 0 Å². The molecule has 1 fully saturated rings. The second-order valence-electron chi connectivity index (χ2n) is 7.18. The number of thiazole rings is 1. The Kier molecular flexibility index (Phi) is 8.20. The number of morpholine rings is 1. The number of para-hydroxylation sites is 1. The highest BCUT2D eigenvalue weighted by atomic mass is 35.5. The molecule has 0 radical (unpaired) electrons. The van der Waals surface area contributed by atoms with Crippen LogP contribution in [0.25, 0.3) is 10.2 Å². The zero-order valence-electron chi connectivity index (χ0n) is 17.3. The number of ether oxygens (including phenoxy) is 2. The molecule has 3 aromatic rings. The smallest absolute Gasteiger partial charge is 0.266 e. The van der Waals surface area contributed by atoms with Crippen molar-refractivity contribution in [1.82, 2.24) is 9.88 Å². The van der Waals surface area contributed by atoms with Crippen LogP contribution in [0.2, 0.25) is 0 Å². The summed E-state index contributed by atoms with van der Waals surface area (Å²) >= 11 is 1.31. The molecule has 6 nitrogen and oxygen atoms in total. The van der Waals surface area contributed by atoms with Gasteiger partial charge in [-0.15, -0.1) is 12.4 Å². The van der Waals surface area contributed by atoms with E-state index in [9.17, 15) is 9.18 Å². The maximum atomic E-state index is 14.1. The van der Waals surface area contributed by atoms with Crippen molar-refractivity contribution in [3.63, 3.8) is 0 Å². The van der Waals surface area contributed by atoms with Crippen molar-refractivity contribution in [2.75, 3.05) is 50.9 Å². The number of aromatic nitrogens is 1. The van der Waals surface area contributed by atoms with Gasteiger partial charge in [-0.3, -0.25) is 14.6 Å². The highest BCUT2D eigenvalue weighted by molar-refractivity contribution is 7.22. The third-order valence-corrected chi connectivity index (χ3v) is 6.06. The molecule has 0 N–H and O–H groups in total. The fourth-order valence-electron chi connectivity index (χ4n) is 3.27. The molecule has 0 unspecified atom stereocenters. The first-order valence-electron chi connectivity index (χ1n) is 9.95. The highest BCUT2D eigenvalue weighted by Gasteiger charge is 2.22. The molecule has 0 atom stereocenters. The molecule has 1 aliphatic heterocycles. The average molecular weight is 466 g/mol. The third kappa shape index (κ3) is 5.92. The average Bonchev–Trinajstić information content (AvgIpc) is 3.19. The lowest BCUT2D eigenvalue weighted by Gasteiger charge is -2.29. The van der Waals surface area contributed by atoms with E-state index < -0.39 is 0 Å². The number of rotatable bonds is 7. The van der Waals surface area contributed by atoms with Gasteiger partial charge in [-0.05, 0) is 31.2 Å². The number of carbonyl (C=O) groups is 1. The predicted octanol–water partition coefficient (Wildman–Crippen LogP) is 3.91. The molecule has 2 heterocycles. The van der Waals surface area contributed by atoms with Crippen molar-refractivity contribution >= 4 is 45.0 Å². The van der Waals surface area contributed by atoms with Crippen LogP contribution >= 0.6 is 23.7 Å². The van der Waals surface area contributed by atoms with Crippen LogP contribution in [-0.2, 0) is 9.53 Å². The number of carbonyl (C=O) groups excluding carboxylic acids is 1. The first-order chi connectivity index (χ1) is 14.6. The van der Waals surface area contributed by atoms with E-state index in [4.69, 9.17) is 9.47 Å². The molecule has 0 bridgehead atoms. The minimum Gasteiger partial charge on any atom is -0.484 e. The van der Waals surface area contributed by atoms with Crippen LogP contribution in [0.1, 0.15) is 5.56 Å². The highest BCUT2D eigenvalue weighted by Crippen LogP contribution is 2.30. The fourth-order valence-corrected chi connectivity index (χ4v) is 4.29. The maximum Gasteiger partial charge on any atom is 0.266 e. The van der Waals surface area contributed by atoms with E-state index in [2.05, 4.69) is 9.88 Å². The van der Waals surface area contributed by atoms with Crippen molar-refractivity contribution in [2.45, 2.75) is 6.92 Å². The first-order valence-corrected chi connectivity index (χ1v) is 10.8. The van der Waals surface area contributed by atoms with E-state index in [1.54, 1.807) is 11.0 Å². The quantitative estimate of drug-likeness (QED) is 0.529. The molecule has 1 saturated heterocycles. The molecule has 1 aromatic heterocycles. The number of halogens is 2. The zero-order valence-corrected chi connectivity index (χ0v) is 18.9. The lowest BCUT2D eigenvalue weighted by Crippen LogP contribution is -2.44. The van der Waals surface area contributed by atoms with E-state index in [0.717, 1.165) is 18.7 Å². The summed E-state index contributed by atoms with van der Waals surface area (Å²) in [6.45, 7) is 6.08. The molecule has 1 aliphatic rings. The molecule has 0 aliphatic carbocycles. The van der Waals surface area contributed by atoms with E-state index in [1.165, 1.54) is 17.4 Å².